The van der Waals surface area contributed by atoms with Crippen LogP contribution in [0, 0.1) is 0 Å². The van der Waals surface area contributed by atoms with E-state index < -0.39 is 18.1 Å². The Bertz CT molecular complexity index is 1260. The molecule has 2 aromatic carbocycles. The van der Waals surface area contributed by atoms with E-state index in [0.29, 0.717) is 31.1 Å². The van der Waals surface area contributed by atoms with Crippen LogP contribution in [0.25, 0.3) is 11.1 Å². The van der Waals surface area contributed by atoms with E-state index in [2.05, 4.69) is 45.5 Å². The molecule has 0 unspecified atom stereocenters. The number of urea groups is 1. The first-order valence-corrected chi connectivity index (χ1v) is 15.7. The molecule has 4 atom stereocenters. The summed E-state index contributed by atoms with van der Waals surface area (Å²) in [6.45, 7) is 0.593. The molecular formula is C31H38N4O6S. The van der Waals surface area contributed by atoms with Gasteiger partial charge in [0.05, 0.1) is 12.1 Å². The molecule has 0 spiro atoms. The van der Waals surface area contributed by atoms with E-state index in [1.54, 1.807) is 0 Å². The number of hydrogen-bond acceptors (Lipinski definition) is 6. The number of carboxylic acids is 1. The van der Waals surface area contributed by atoms with Crippen molar-refractivity contribution < 1.29 is 29.0 Å². The van der Waals surface area contributed by atoms with Crippen LogP contribution in [0.15, 0.2) is 48.5 Å². The van der Waals surface area contributed by atoms with Crippen LogP contribution in [0.2, 0.25) is 0 Å². The fraction of sp³-hybridized carbons (Fsp3) is 0.484. The number of benzene rings is 2. The summed E-state index contributed by atoms with van der Waals surface area (Å²) >= 11 is 1.84. The van der Waals surface area contributed by atoms with Crippen molar-refractivity contribution in [2.75, 3.05) is 18.9 Å². The molecule has 224 valence electrons. The summed E-state index contributed by atoms with van der Waals surface area (Å²) in [7, 11) is 0. The molecule has 11 heteroatoms. The topological polar surface area (TPSA) is 146 Å². The lowest BCUT2D eigenvalue weighted by molar-refractivity contribution is -0.142. The highest BCUT2D eigenvalue weighted by atomic mass is 32.2. The number of amides is 4. The van der Waals surface area contributed by atoms with Gasteiger partial charge >= 0.3 is 18.1 Å². The Labute approximate surface area is 249 Å². The maximum Gasteiger partial charge on any atom is 0.407 e. The number of carboxylic acid groups (broad SMARTS) is 1. The van der Waals surface area contributed by atoms with E-state index in [1.807, 2.05) is 36.0 Å². The van der Waals surface area contributed by atoms with Crippen molar-refractivity contribution in [3.8, 4) is 11.1 Å². The lowest BCUT2D eigenvalue weighted by Crippen LogP contribution is -2.40. The number of thioether (sulfide) groups is 1. The molecular weight excluding hydrogens is 556 g/mol. The summed E-state index contributed by atoms with van der Waals surface area (Å²) in [5, 5.41) is 21.2. The smallest absolute Gasteiger partial charge is 0.407 e. The summed E-state index contributed by atoms with van der Waals surface area (Å²) < 4.78 is 5.54. The van der Waals surface area contributed by atoms with Crippen molar-refractivity contribution in [2.24, 2.45) is 0 Å². The maximum atomic E-state index is 12.4. The quantitative estimate of drug-likeness (QED) is 0.164. The van der Waals surface area contributed by atoms with E-state index in [-0.39, 0.29) is 49.4 Å². The standard InChI is InChI=1S/C31H38N4O6S/c36-27(15-6-5-14-26-28-25(18-42-26)34-30(39)35-28)33-24(29(37)38)13-7-8-16-32-31(40)41-17-23-21-11-3-1-9-19(21)20-10-2-4-12-22(20)23/h1-4,9-12,23-26,28H,5-8,13-18H2,(H,32,40)(H,33,36)(H,37,38)(H2,34,35,39)/t24-,25-,26-,28-/m0/s1. The molecule has 2 fully saturated rings. The summed E-state index contributed by atoms with van der Waals surface area (Å²) in [4.78, 5) is 47.9. The molecule has 10 nitrogen and oxygen atoms in total. The summed E-state index contributed by atoms with van der Waals surface area (Å²) in [6, 6.07) is 15.6. The zero-order chi connectivity index (χ0) is 29.5. The Kier molecular flexibility index (Phi) is 9.89. The second-order valence-electron chi connectivity index (χ2n) is 11.1. The Hall–Kier alpha value is -3.73. The number of rotatable bonds is 14. The van der Waals surface area contributed by atoms with Crippen LogP contribution in [0.5, 0.6) is 0 Å². The van der Waals surface area contributed by atoms with Gasteiger partial charge < -0.3 is 31.1 Å². The van der Waals surface area contributed by atoms with Crippen LogP contribution in [0.4, 0.5) is 9.59 Å². The van der Waals surface area contributed by atoms with E-state index in [4.69, 9.17) is 4.74 Å². The number of carbonyl (C=O) groups excluding carboxylic acids is 3. The monoisotopic (exact) mass is 594 g/mol. The average molecular weight is 595 g/mol. The van der Waals surface area contributed by atoms with Crippen LogP contribution in [-0.4, -0.2) is 71.4 Å². The minimum absolute atomic E-state index is 0.00989. The fourth-order valence-corrected chi connectivity index (χ4v) is 7.65. The minimum atomic E-state index is -1.06. The largest absolute Gasteiger partial charge is 0.480 e. The third-order valence-corrected chi connectivity index (χ3v) is 9.76. The van der Waals surface area contributed by atoms with Crippen molar-refractivity contribution in [3.05, 3.63) is 59.7 Å². The lowest BCUT2D eigenvalue weighted by atomic mass is 9.98. The molecule has 2 aliphatic heterocycles. The minimum Gasteiger partial charge on any atom is -0.480 e. The number of ether oxygens (including phenoxy) is 1. The van der Waals surface area contributed by atoms with E-state index >= 15 is 0 Å². The van der Waals surface area contributed by atoms with Crippen molar-refractivity contribution in [1.82, 2.24) is 21.3 Å². The number of fused-ring (bicyclic) bond motifs is 4. The first-order valence-electron chi connectivity index (χ1n) is 14.7. The molecule has 4 amide bonds. The van der Waals surface area contributed by atoms with E-state index in [1.165, 1.54) is 11.1 Å². The van der Waals surface area contributed by atoms with Crippen LogP contribution >= 0.6 is 11.8 Å². The van der Waals surface area contributed by atoms with E-state index in [0.717, 1.165) is 29.7 Å². The molecule has 5 rings (SSSR count). The van der Waals surface area contributed by atoms with Gasteiger partial charge in [-0.25, -0.2) is 14.4 Å². The third kappa shape index (κ3) is 7.18. The molecule has 42 heavy (non-hydrogen) atoms. The second kappa shape index (κ2) is 14.0. The highest BCUT2D eigenvalue weighted by Gasteiger charge is 2.42. The summed E-state index contributed by atoms with van der Waals surface area (Å²) in [6.07, 6.45) is 3.55. The molecule has 0 bridgehead atoms. The van der Waals surface area contributed by atoms with Gasteiger partial charge in [-0.15, -0.1) is 0 Å². The van der Waals surface area contributed by atoms with Gasteiger partial charge in [0.1, 0.15) is 12.6 Å². The van der Waals surface area contributed by atoms with Crippen molar-refractivity contribution >= 4 is 35.8 Å². The summed E-state index contributed by atoms with van der Waals surface area (Å²) in [5.41, 5.74) is 4.63. The average Bonchev–Trinajstić information content (AvgIpc) is 3.64. The van der Waals surface area contributed by atoms with Gasteiger partial charge in [0, 0.05) is 29.9 Å². The van der Waals surface area contributed by atoms with Gasteiger partial charge in [0.15, 0.2) is 0 Å². The molecule has 2 saturated heterocycles. The Morgan fingerprint density at radius 3 is 2.40 bits per heavy atom. The molecule has 2 heterocycles. The van der Waals surface area contributed by atoms with Gasteiger partial charge in [-0.3, -0.25) is 4.79 Å². The molecule has 5 N–H and O–H groups in total. The Morgan fingerprint density at radius 2 is 1.69 bits per heavy atom. The van der Waals surface area contributed by atoms with Crippen LogP contribution < -0.4 is 21.3 Å². The molecule has 2 aromatic rings. The molecule has 0 aromatic heterocycles. The van der Waals surface area contributed by atoms with Crippen LogP contribution in [0.1, 0.15) is 62.0 Å². The normalized spacial score (nSPS) is 21.0. The van der Waals surface area contributed by atoms with Gasteiger partial charge in [0.25, 0.3) is 0 Å². The Balaban J connectivity index is 0.949. The zero-order valence-corrected chi connectivity index (χ0v) is 24.3. The lowest BCUT2D eigenvalue weighted by Gasteiger charge is -2.17. The van der Waals surface area contributed by atoms with Gasteiger partial charge in [-0.2, -0.15) is 11.8 Å². The molecule has 0 radical (unpaired) electrons. The Morgan fingerprint density at radius 1 is 0.976 bits per heavy atom. The van der Waals surface area contributed by atoms with Crippen molar-refractivity contribution in [2.45, 2.75) is 74.2 Å². The van der Waals surface area contributed by atoms with Gasteiger partial charge in [-0.05, 0) is 54.4 Å². The number of carbonyl (C=O) groups is 4. The van der Waals surface area contributed by atoms with Crippen LogP contribution in [-0.2, 0) is 14.3 Å². The van der Waals surface area contributed by atoms with Crippen molar-refractivity contribution in [3.63, 3.8) is 0 Å². The first kappa shape index (κ1) is 29.8. The highest BCUT2D eigenvalue weighted by Crippen LogP contribution is 2.44. The summed E-state index contributed by atoms with van der Waals surface area (Å²) in [5.74, 6) is -0.447. The van der Waals surface area contributed by atoms with Crippen LogP contribution in [0.3, 0.4) is 0 Å². The predicted molar refractivity (Wildman–Crippen MR) is 160 cm³/mol. The van der Waals surface area contributed by atoms with Gasteiger partial charge in [0.2, 0.25) is 5.91 Å². The maximum absolute atomic E-state index is 12.4. The molecule has 0 saturated carbocycles. The highest BCUT2D eigenvalue weighted by molar-refractivity contribution is 8.00. The predicted octanol–water partition coefficient (Wildman–Crippen LogP) is 3.99. The number of nitrogens with one attached hydrogen (secondary N) is 4. The number of hydrogen-bond donors (Lipinski definition) is 5. The molecule has 3 aliphatic rings. The second-order valence-corrected chi connectivity index (χ2v) is 12.3. The number of alkyl carbamates (subject to hydrolysis) is 1. The zero-order valence-electron chi connectivity index (χ0n) is 23.5. The van der Waals surface area contributed by atoms with Gasteiger partial charge in [-0.1, -0.05) is 55.0 Å². The fourth-order valence-electron chi connectivity index (χ4n) is 6.11. The van der Waals surface area contributed by atoms with E-state index in [9.17, 15) is 24.3 Å². The SMILES string of the molecule is O=C(CCCC[C@@H]1SC[C@@H]2NC(=O)N[C@@H]21)N[C@@H](CCCCNC(=O)OCC1c2ccccc2-c2ccccc21)C(=O)O. The molecule has 1 aliphatic carbocycles. The third-order valence-electron chi connectivity index (χ3n) is 8.25. The van der Waals surface area contributed by atoms with Crippen molar-refractivity contribution in [1.29, 1.82) is 0 Å². The first-order chi connectivity index (χ1) is 20.4. The number of aliphatic carboxylic acids is 1. The number of unbranched alkanes of at least 4 members (excludes halogenated alkanes) is 2.